The molecule has 2 rings (SSSR count). The second-order valence-electron chi connectivity index (χ2n) is 4.28. The number of aromatic nitrogens is 2. The molecule has 0 aliphatic heterocycles. The van der Waals surface area contributed by atoms with Crippen LogP contribution in [-0.2, 0) is 6.54 Å². The lowest BCUT2D eigenvalue weighted by molar-refractivity contribution is 0.573. The number of benzene rings is 1. The van der Waals surface area contributed by atoms with Crippen molar-refractivity contribution >= 4 is 38.9 Å². The summed E-state index contributed by atoms with van der Waals surface area (Å²) in [7, 11) is 0. The molecule has 2 aromatic rings. The predicted molar refractivity (Wildman–Crippen MR) is 85.1 cm³/mol. The van der Waals surface area contributed by atoms with Gasteiger partial charge in [0.15, 0.2) is 5.11 Å². The molecule has 4 nitrogen and oxygen atoms in total. The molecule has 112 valence electrons. The standard InChI is InChI=1S/C13H13BrF2N4S/c14-9-7-18-20(8-9)5-1-4-17-13(21)19-12-3-2-10(15)6-11(12)16/h2-3,6-8H,1,4-5H2,(H2,17,19,21). The van der Waals surface area contributed by atoms with E-state index < -0.39 is 11.6 Å². The Bertz CT molecular complexity index is 632. The zero-order valence-corrected chi connectivity index (χ0v) is 13.3. The third-order valence-electron chi connectivity index (χ3n) is 2.63. The predicted octanol–water partition coefficient (Wildman–Crippen LogP) is 3.30. The zero-order chi connectivity index (χ0) is 15.2. The second kappa shape index (κ2) is 7.46. The minimum atomic E-state index is -0.680. The molecule has 0 amide bonds. The first-order valence-electron chi connectivity index (χ1n) is 6.22. The number of rotatable bonds is 5. The molecule has 2 N–H and O–H groups in total. The fraction of sp³-hybridized carbons (Fsp3) is 0.231. The first-order chi connectivity index (χ1) is 10.0. The average Bonchev–Trinajstić information content (AvgIpc) is 2.84. The topological polar surface area (TPSA) is 41.9 Å². The normalized spacial score (nSPS) is 10.4. The summed E-state index contributed by atoms with van der Waals surface area (Å²) in [6.07, 6.45) is 4.41. The largest absolute Gasteiger partial charge is 0.362 e. The van der Waals surface area contributed by atoms with Crippen LogP contribution in [0.25, 0.3) is 0 Å². The molecule has 1 aromatic carbocycles. The molecule has 21 heavy (non-hydrogen) atoms. The molecular formula is C13H13BrF2N4S. The molecule has 1 heterocycles. The van der Waals surface area contributed by atoms with Crippen molar-refractivity contribution in [2.24, 2.45) is 0 Å². The van der Waals surface area contributed by atoms with Gasteiger partial charge in [-0.3, -0.25) is 4.68 Å². The van der Waals surface area contributed by atoms with E-state index in [1.54, 1.807) is 6.20 Å². The smallest absolute Gasteiger partial charge is 0.170 e. The Balaban J connectivity index is 1.72. The van der Waals surface area contributed by atoms with Gasteiger partial charge in [0.2, 0.25) is 0 Å². The Morgan fingerprint density at radius 1 is 1.38 bits per heavy atom. The lowest BCUT2D eigenvalue weighted by Crippen LogP contribution is -2.30. The third kappa shape index (κ3) is 5.05. The van der Waals surface area contributed by atoms with Gasteiger partial charge in [-0.1, -0.05) is 0 Å². The van der Waals surface area contributed by atoms with Crippen molar-refractivity contribution in [3.8, 4) is 0 Å². The summed E-state index contributed by atoms with van der Waals surface area (Å²) >= 11 is 8.37. The molecule has 0 aliphatic rings. The summed E-state index contributed by atoms with van der Waals surface area (Å²) in [6.45, 7) is 1.36. The van der Waals surface area contributed by atoms with Gasteiger partial charge in [-0.25, -0.2) is 8.78 Å². The van der Waals surface area contributed by atoms with Crippen molar-refractivity contribution in [3.05, 3.63) is 46.7 Å². The van der Waals surface area contributed by atoms with Gasteiger partial charge in [-0.05, 0) is 46.7 Å². The van der Waals surface area contributed by atoms with Gasteiger partial charge in [-0.15, -0.1) is 0 Å². The zero-order valence-electron chi connectivity index (χ0n) is 10.9. The fourth-order valence-electron chi connectivity index (χ4n) is 1.66. The fourth-order valence-corrected chi connectivity index (χ4v) is 2.20. The van der Waals surface area contributed by atoms with Crippen molar-refractivity contribution in [2.45, 2.75) is 13.0 Å². The molecule has 8 heteroatoms. The number of aryl methyl sites for hydroxylation is 1. The first-order valence-corrected chi connectivity index (χ1v) is 7.42. The molecular weight excluding hydrogens is 362 g/mol. The van der Waals surface area contributed by atoms with E-state index in [1.807, 2.05) is 10.9 Å². The van der Waals surface area contributed by atoms with Gasteiger partial charge in [0.25, 0.3) is 0 Å². The minimum Gasteiger partial charge on any atom is -0.362 e. The molecule has 0 fully saturated rings. The lowest BCUT2D eigenvalue weighted by Gasteiger charge is -2.11. The van der Waals surface area contributed by atoms with E-state index in [0.717, 1.165) is 23.5 Å². The highest BCUT2D eigenvalue weighted by Crippen LogP contribution is 2.14. The van der Waals surface area contributed by atoms with Crippen molar-refractivity contribution in [1.82, 2.24) is 15.1 Å². The summed E-state index contributed by atoms with van der Waals surface area (Å²) in [5.41, 5.74) is 0.143. The molecule has 0 saturated heterocycles. The van der Waals surface area contributed by atoms with E-state index >= 15 is 0 Å². The monoisotopic (exact) mass is 374 g/mol. The highest BCUT2D eigenvalue weighted by Gasteiger charge is 2.05. The number of hydrogen-bond acceptors (Lipinski definition) is 2. The molecule has 0 aliphatic carbocycles. The average molecular weight is 375 g/mol. The van der Waals surface area contributed by atoms with Gasteiger partial charge in [0.05, 0.1) is 16.4 Å². The van der Waals surface area contributed by atoms with Gasteiger partial charge in [0.1, 0.15) is 11.6 Å². The van der Waals surface area contributed by atoms with E-state index in [4.69, 9.17) is 12.2 Å². The quantitative estimate of drug-likeness (QED) is 0.622. The van der Waals surface area contributed by atoms with Crippen LogP contribution in [0.1, 0.15) is 6.42 Å². The Morgan fingerprint density at radius 3 is 2.86 bits per heavy atom. The van der Waals surface area contributed by atoms with Gasteiger partial charge in [-0.2, -0.15) is 5.10 Å². The van der Waals surface area contributed by atoms with Crippen molar-refractivity contribution < 1.29 is 8.78 Å². The van der Waals surface area contributed by atoms with Crippen LogP contribution in [-0.4, -0.2) is 21.4 Å². The molecule has 1 aromatic heterocycles. The third-order valence-corrected chi connectivity index (χ3v) is 3.29. The number of halogens is 3. The van der Waals surface area contributed by atoms with Crippen LogP contribution in [0.3, 0.4) is 0 Å². The molecule has 0 bridgehead atoms. The minimum absolute atomic E-state index is 0.143. The Labute approximate surface area is 134 Å². The van der Waals surface area contributed by atoms with Crippen molar-refractivity contribution in [3.63, 3.8) is 0 Å². The van der Waals surface area contributed by atoms with Gasteiger partial charge < -0.3 is 10.6 Å². The number of thiocarbonyl (C=S) groups is 1. The Morgan fingerprint density at radius 2 is 2.19 bits per heavy atom. The maximum Gasteiger partial charge on any atom is 0.170 e. The van der Waals surface area contributed by atoms with E-state index in [1.165, 1.54) is 12.1 Å². The maximum atomic E-state index is 13.4. The highest BCUT2D eigenvalue weighted by molar-refractivity contribution is 9.10. The van der Waals surface area contributed by atoms with Crippen molar-refractivity contribution in [1.29, 1.82) is 0 Å². The lowest BCUT2D eigenvalue weighted by atomic mass is 10.3. The van der Waals surface area contributed by atoms with Gasteiger partial charge >= 0.3 is 0 Å². The van der Waals surface area contributed by atoms with Crippen LogP contribution in [0, 0.1) is 11.6 Å². The summed E-state index contributed by atoms with van der Waals surface area (Å²) in [5, 5.41) is 10.1. The summed E-state index contributed by atoms with van der Waals surface area (Å²) in [4.78, 5) is 0. The van der Waals surface area contributed by atoms with Crippen molar-refractivity contribution in [2.75, 3.05) is 11.9 Å². The summed E-state index contributed by atoms with van der Waals surface area (Å²) < 4.78 is 28.9. The second-order valence-corrected chi connectivity index (χ2v) is 5.60. The molecule has 0 saturated carbocycles. The summed E-state index contributed by atoms with van der Waals surface area (Å²) in [5.74, 6) is -1.30. The Hall–Kier alpha value is -1.54. The van der Waals surface area contributed by atoms with E-state index in [-0.39, 0.29) is 5.69 Å². The molecule has 0 atom stereocenters. The number of nitrogens with one attached hydrogen (secondary N) is 2. The van der Waals surface area contributed by atoms with E-state index in [2.05, 4.69) is 31.7 Å². The molecule has 0 spiro atoms. The highest BCUT2D eigenvalue weighted by atomic mass is 79.9. The first kappa shape index (κ1) is 15.8. The Kier molecular flexibility index (Phi) is 5.63. The van der Waals surface area contributed by atoms with Crippen LogP contribution in [0.15, 0.2) is 35.1 Å². The van der Waals surface area contributed by atoms with Crippen LogP contribution in [0.5, 0.6) is 0 Å². The SMILES string of the molecule is Fc1ccc(NC(=S)NCCCn2cc(Br)cn2)c(F)c1. The molecule has 0 unspecified atom stereocenters. The van der Waals surface area contributed by atoms with E-state index in [0.29, 0.717) is 11.7 Å². The van der Waals surface area contributed by atoms with Gasteiger partial charge in [0, 0.05) is 25.4 Å². The van der Waals surface area contributed by atoms with E-state index in [9.17, 15) is 8.78 Å². The summed E-state index contributed by atoms with van der Waals surface area (Å²) in [6, 6.07) is 3.28. The molecule has 0 radical (unpaired) electrons. The number of nitrogens with zero attached hydrogens (tertiary/aromatic N) is 2. The number of hydrogen-bond donors (Lipinski definition) is 2. The van der Waals surface area contributed by atoms with Crippen LogP contribution in [0.2, 0.25) is 0 Å². The van der Waals surface area contributed by atoms with Crippen LogP contribution >= 0.6 is 28.1 Å². The maximum absolute atomic E-state index is 13.4. The van der Waals surface area contributed by atoms with Crippen LogP contribution in [0.4, 0.5) is 14.5 Å². The number of anilines is 1. The van der Waals surface area contributed by atoms with Crippen LogP contribution < -0.4 is 10.6 Å².